The van der Waals surface area contributed by atoms with Crippen LogP contribution in [0.15, 0.2) is 24.4 Å². The summed E-state index contributed by atoms with van der Waals surface area (Å²) in [6, 6.07) is 3.49. The van der Waals surface area contributed by atoms with Gasteiger partial charge in [0.2, 0.25) is 5.91 Å². The number of aliphatic carboxylic acids is 1. The van der Waals surface area contributed by atoms with Crippen molar-refractivity contribution >= 4 is 29.9 Å². The van der Waals surface area contributed by atoms with Crippen molar-refractivity contribution in [2.24, 2.45) is 5.92 Å². The number of nitrogens with one attached hydrogen (secondary N) is 1. The minimum atomic E-state index is -1.20. The Balaban J connectivity index is 1.60. The van der Waals surface area contributed by atoms with Crippen LogP contribution in [-0.4, -0.2) is 100 Å². The zero-order valence-electron chi connectivity index (χ0n) is 22.0. The van der Waals surface area contributed by atoms with Crippen LogP contribution in [0, 0.1) is 5.92 Å². The Kier molecular flexibility index (Phi) is 8.82. The van der Waals surface area contributed by atoms with E-state index >= 15 is 0 Å². The first-order chi connectivity index (χ1) is 17.4. The van der Waals surface area contributed by atoms with Crippen molar-refractivity contribution in [2.45, 2.75) is 64.8 Å². The van der Waals surface area contributed by atoms with E-state index in [1.165, 1.54) is 4.90 Å². The minimum absolute atomic E-state index is 0.0298. The van der Waals surface area contributed by atoms with E-state index in [0.717, 1.165) is 5.82 Å². The number of piperazine rings is 1. The van der Waals surface area contributed by atoms with E-state index in [1.807, 2.05) is 18.2 Å². The second-order valence-electron chi connectivity index (χ2n) is 10.6. The molecule has 2 saturated heterocycles. The average molecular weight is 520 g/mol. The van der Waals surface area contributed by atoms with Crippen LogP contribution in [0.25, 0.3) is 0 Å². The minimum Gasteiger partial charge on any atom is -0.480 e. The van der Waals surface area contributed by atoms with Gasteiger partial charge in [-0.2, -0.15) is 0 Å². The molecule has 2 N–H and O–H groups in total. The molecule has 37 heavy (non-hydrogen) atoms. The van der Waals surface area contributed by atoms with Crippen LogP contribution in [-0.2, 0) is 19.1 Å². The van der Waals surface area contributed by atoms with Gasteiger partial charge in [0.25, 0.3) is 0 Å². The zero-order chi connectivity index (χ0) is 27.3. The maximum absolute atomic E-state index is 13.3. The van der Waals surface area contributed by atoms with Gasteiger partial charge in [0.05, 0.1) is 6.54 Å². The topological polar surface area (TPSA) is 142 Å². The third-order valence-electron chi connectivity index (χ3n) is 6.21. The Hall–Kier alpha value is -3.57. The number of alkyl carbamates (subject to hydrolysis) is 1. The van der Waals surface area contributed by atoms with Crippen molar-refractivity contribution in [2.75, 3.05) is 37.6 Å². The molecule has 12 nitrogen and oxygen atoms in total. The van der Waals surface area contributed by atoms with Gasteiger partial charge in [0.1, 0.15) is 29.6 Å². The molecule has 2 aliphatic heterocycles. The van der Waals surface area contributed by atoms with Crippen molar-refractivity contribution in [3.05, 3.63) is 24.4 Å². The van der Waals surface area contributed by atoms with Gasteiger partial charge in [0.15, 0.2) is 0 Å². The van der Waals surface area contributed by atoms with E-state index < -0.39 is 47.9 Å². The number of anilines is 1. The molecule has 0 aliphatic carbocycles. The van der Waals surface area contributed by atoms with Crippen LogP contribution in [0.2, 0.25) is 0 Å². The Morgan fingerprint density at radius 1 is 1.11 bits per heavy atom. The molecule has 0 saturated carbocycles. The highest BCUT2D eigenvalue weighted by Gasteiger charge is 2.45. The van der Waals surface area contributed by atoms with E-state index in [9.17, 15) is 24.3 Å². The summed E-state index contributed by atoms with van der Waals surface area (Å²) < 4.78 is 10.9. The summed E-state index contributed by atoms with van der Waals surface area (Å²) in [5.41, 5.74) is -0.756. The summed E-state index contributed by atoms with van der Waals surface area (Å²) in [6.45, 7) is 10.6. The molecule has 1 aromatic heterocycles. The molecular formula is C25H37N5O7. The fourth-order valence-electron chi connectivity index (χ4n) is 4.36. The standard InChI is InChI=1S/C25H37N5O7/c1-16(2)20(27-23(34)37-25(3,4)5)21(31)30-15-17(14-18(30)22(32)33)36-24(35)29-12-10-28(11-13-29)19-8-6-7-9-26-19/h6-9,16-18,20H,10-15H2,1-5H3,(H,27,34)(H,32,33)/t17-,18+,20+/m1/s1. The number of pyridine rings is 1. The van der Waals surface area contributed by atoms with E-state index in [1.54, 1.807) is 45.7 Å². The predicted octanol–water partition coefficient (Wildman–Crippen LogP) is 1.94. The highest BCUT2D eigenvalue weighted by Crippen LogP contribution is 2.24. The maximum Gasteiger partial charge on any atom is 0.410 e. The predicted molar refractivity (Wildman–Crippen MR) is 134 cm³/mol. The second-order valence-corrected chi connectivity index (χ2v) is 10.6. The summed E-state index contributed by atoms with van der Waals surface area (Å²) in [4.78, 5) is 59.6. The van der Waals surface area contributed by atoms with Gasteiger partial charge < -0.3 is 34.6 Å². The SMILES string of the molecule is CC(C)[C@H](NC(=O)OC(C)(C)C)C(=O)N1C[C@H](OC(=O)N2CCN(c3ccccn3)CC2)C[C@H]1C(=O)O. The number of amides is 3. The molecule has 3 amide bonds. The molecule has 1 aromatic rings. The molecule has 3 atom stereocenters. The molecule has 2 aliphatic rings. The maximum atomic E-state index is 13.3. The number of hydrogen-bond acceptors (Lipinski definition) is 8. The van der Waals surface area contributed by atoms with Gasteiger partial charge >= 0.3 is 18.2 Å². The van der Waals surface area contributed by atoms with E-state index in [0.29, 0.717) is 26.2 Å². The molecule has 204 valence electrons. The van der Waals surface area contributed by atoms with Crippen LogP contribution in [0.3, 0.4) is 0 Å². The summed E-state index contributed by atoms with van der Waals surface area (Å²) in [5, 5.41) is 12.3. The van der Waals surface area contributed by atoms with Crippen molar-refractivity contribution < 1.29 is 33.8 Å². The number of carboxylic acid groups (broad SMARTS) is 1. The van der Waals surface area contributed by atoms with E-state index in [2.05, 4.69) is 15.2 Å². The number of ether oxygens (including phenoxy) is 2. The first-order valence-electron chi connectivity index (χ1n) is 12.5. The van der Waals surface area contributed by atoms with Crippen LogP contribution in [0.4, 0.5) is 15.4 Å². The largest absolute Gasteiger partial charge is 0.480 e. The third kappa shape index (κ3) is 7.46. The van der Waals surface area contributed by atoms with Crippen LogP contribution >= 0.6 is 0 Å². The smallest absolute Gasteiger partial charge is 0.410 e. The summed E-state index contributed by atoms with van der Waals surface area (Å²) >= 11 is 0. The number of carbonyl (C=O) groups excluding carboxylic acids is 3. The van der Waals surface area contributed by atoms with Crippen molar-refractivity contribution in [3.63, 3.8) is 0 Å². The fourth-order valence-corrected chi connectivity index (χ4v) is 4.36. The molecular weight excluding hydrogens is 482 g/mol. The molecule has 0 aromatic carbocycles. The zero-order valence-corrected chi connectivity index (χ0v) is 22.0. The van der Waals surface area contributed by atoms with Gasteiger partial charge in [-0.25, -0.2) is 19.4 Å². The lowest BCUT2D eigenvalue weighted by atomic mass is 10.0. The second kappa shape index (κ2) is 11.7. The first kappa shape index (κ1) is 28.0. The van der Waals surface area contributed by atoms with Crippen molar-refractivity contribution in [1.82, 2.24) is 20.1 Å². The fraction of sp³-hybridized carbons (Fsp3) is 0.640. The summed E-state index contributed by atoms with van der Waals surface area (Å²) in [7, 11) is 0. The number of carbonyl (C=O) groups is 4. The van der Waals surface area contributed by atoms with Gasteiger partial charge in [-0.05, 0) is 38.8 Å². The lowest BCUT2D eigenvalue weighted by Gasteiger charge is -2.35. The number of likely N-dealkylation sites (tertiary alicyclic amines) is 1. The number of carboxylic acids is 1. The number of nitrogens with zero attached hydrogens (tertiary/aromatic N) is 4. The van der Waals surface area contributed by atoms with Crippen molar-refractivity contribution in [3.8, 4) is 0 Å². The first-order valence-corrected chi connectivity index (χ1v) is 12.5. The summed E-state index contributed by atoms with van der Waals surface area (Å²) in [5.74, 6) is -1.25. The summed E-state index contributed by atoms with van der Waals surface area (Å²) in [6.07, 6.45) is -0.400. The molecule has 0 radical (unpaired) electrons. The molecule has 2 fully saturated rings. The Morgan fingerprint density at radius 3 is 2.32 bits per heavy atom. The van der Waals surface area contributed by atoms with Crippen molar-refractivity contribution in [1.29, 1.82) is 0 Å². The number of aromatic nitrogens is 1. The molecule has 3 rings (SSSR count). The number of hydrogen-bond donors (Lipinski definition) is 2. The van der Waals surface area contributed by atoms with Gasteiger partial charge in [0, 0.05) is 38.8 Å². The molecule has 0 unspecified atom stereocenters. The number of rotatable bonds is 6. The van der Waals surface area contributed by atoms with Crippen LogP contribution in [0.1, 0.15) is 41.0 Å². The van der Waals surface area contributed by atoms with Gasteiger partial charge in [-0.1, -0.05) is 19.9 Å². The molecule has 0 spiro atoms. The molecule has 0 bridgehead atoms. The van der Waals surface area contributed by atoms with Gasteiger partial charge in [-0.3, -0.25) is 4.79 Å². The Bertz CT molecular complexity index is 973. The normalized spacial score (nSPS) is 21.0. The molecule has 3 heterocycles. The average Bonchev–Trinajstić information content (AvgIpc) is 3.25. The van der Waals surface area contributed by atoms with E-state index in [-0.39, 0.29) is 18.9 Å². The Labute approximate surface area is 216 Å². The highest BCUT2D eigenvalue weighted by molar-refractivity contribution is 5.90. The van der Waals surface area contributed by atoms with E-state index in [4.69, 9.17) is 9.47 Å². The highest BCUT2D eigenvalue weighted by atomic mass is 16.6. The van der Waals surface area contributed by atoms with Crippen LogP contribution in [0.5, 0.6) is 0 Å². The quantitative estimate of drug-likeness (QED) is 0.577. The van der Waals surface area contributed by atoms with Gasteiger partial charge in [-0.15, -0.1) is 0 Å². The lowest BCUT2D eigenvalue weighted by Crippen LogP contribution is -2.54. The third-order valence-corrected chi connectivity index (χ3v) is 6.21. The molecule has 12 heteroatoms. The Morgan fingerprint density at radius 2 is 1.78 bits per heavy atom. The van der Waals surface area contributed by atoms with Crippen LogP contribution < -0.4 is 10.2 Å². The lowest BCUT2D eigenvalue weighted by molar-refractivity contribution is -0.149. The monoisotopic (exact) mass is 519 g/mol.